The van der Waals surface area contributed by atoms with Crippen LogP contribution < -0.4 is 26.2 Å². The summed E-state index contributed by atoms with van der Waals surface area (Å²) in [7, 11) is 0. The first-order valence-electron chi connectivity index (χ1n) is 26.7. The van der Waals surface area contributed by atoms with Gasteiger partial charge >= 0.3 is 0 Å². The molecule has 13 rings (SSSR count). The van der Waals surface area contributed by atoms with E-state index in [9.17, 15) is 0 Å². The first-order chi connectivity index (χ1) is 33.5. The van der Waals surface area contributed by atoms with Gasteiger partial charge in [0, 0.05) is 48.9 Å². The summed E-state index contributed by atoms with van der Waals surface area (Å²) < 4.78 is 2.77. The quantitative estimate of drug-likeness (QED) is 0.163. The van der Waals surface area contributed by atoms with Gasteiger partial charge in [-0.1, -0.05) is 150 Å². The molecule has 0 atom stereocenters. The molecule has 1 aromatic heterocycles. The van der Waals surface area contributed by atoms with Crippen LogP contribution in [0.4, 0.5) is 34.1 Å². The summed E-state index contributed by atoms with van der Waals surface area (Å²) in [6.45, 7) is 34.5. The molecule has 0 amide bonds. The molecule has 5 aliphatic rings. The van der Waals surface area contributed by atoms with Crippen LogP contribution in [0.3, 0.4) is 0 Å². The van der Waals surface area contributed by atoms with E-state index in [1.807, 2.05) is 11.3 Å². The Labute approximate surface area is 428 Å². The van der Waals surface area contributed by atoms with E-state index in [1.165, 1.54) is 152 Å². The number of rotatable bonds is 3. The highest BCUT2D eigenvalue weighted by atomic mass is 32.1. The van der Waals surface area contributed by atoms with Crippen LogP contribution in [0.15, 0.2) is 115 Å². The molecule has 3 heterocycles. The molecule has 0 saturated heterocycles. The number of hydrogen-bond acceptors (Lipinski definition) is 3. The van der Waals surface area contributed by atoms with Gasteiger partial charge in [-0.05, 0) is 204 Å². The molecule has 0 N–H and O–H groups in total. The van der Waals surface area contributed by atoms with Crippen molar-refractivity contribution in [3.05, 3.63) is 160 Å². The lowest BCUT2D eigenvalue weighted by Gasteiger charge is -2.47. The Balaban J connectivity index is 1.19. The molecule has 0 unspecified atom stereocenters. The topological polar surface area (TPSA) is 6.48 Å². The Morgan fingerprint density at radius 2 is 0.845 bits per heavy atom. The molecule has 7 aromatic carbocycles. The first kappa shape index (κ1) is 45.3. The third-order valence-electron chi connectivity index (χ3n) is 19.0. The predicted octanol–water partition coefficient (Wildman–Crippen LogP) is 17.1. The van der Waals surface area contributed by atoms with Gasteiger partial charge in [0.1, 0.15) is 0 Å². The van der Waals surface area contributed by atoms with Crippen molar-refractivity contribution >= 4 is 88.7 Å². The largest absolute Gasteiger partial charge is 0.311 e. The molecular weight excluding hydrogens is 876 g/mol. The third kappa shape index (κ3) is 6.44. The average molecular weight is 947 g/mol. The van der Waals surface area contributed by atoms with Crippen molar-refractivity contribution in [3.8, 4) is 11.1 Å². The first-order valence-corrected chi connectivity index (χ1v) is 27.6. The molecule has 2 aliphatic heterocycles. The fraction of sp³-hybridized carbons (Fsp3) is 0.373. The molecule has 0 spiro atoms. The molecular formula is C67H71BN2S. The summed E-state index contributed by atoms with van der Waals surface area (Å²) in [5.74, 6) is 0. The molecule has 358 valence electrons. The van der Waals surface area contributed by atoms with Crippen LogP contribution in [0.2, 0.25) is 0 Å². The molecule has 0 fully saturated rings. The number of hydrogen-bond donors (Lipinski definition) is 0. The zero-order valence-corrected chi connectivity index (χ0v) is 45.7. The number of anilines is 6. The van der Waals surface area contributed by atoms with E-state index in [-0.39, 0.29) is 39.2 Å². The van der Waals surface area contributed by atoms with Crippen LogP contribution in [-0.4, -0.2) is 6.71 Å². The zero-order valence-electron chi connectivity index (χ0n) is 44.9. The van der Waals surface area contributed by atoms with Crippen molar-refractivity contribution in [3.63, 3.8) is 0 Å². The zero-order chi connectivity index (χ0) is 49.7. The minimum Gasteiger partial charge on any atom is -0.311 e. The lowest BCUT2D eigenvalue weighted by atomic mass is 9.33. The van der Waals surface area contributed by atoms with E-state index in [0.717, 1.165) is 6.42 Å². The predicted molar refractivity (Wildman–Crippen MR) is 310 cm³/mol. The summed E-state index contributed by atoms with van der Waals surface area (Å²) in [6, 6.07) is 46.5. The number of thiophene rings is 1. The SMILES string of the molecule is Cc1ccccc1N1c2cc3sc4cc5c(cc4c3cc2B2c3cc4c(cc3N(c3cc6c(cc3C)C(C)(C)CCC6(C)C)c3cc(-c6ccccc6)cc1c32)C(C)(C)CC4(C)C)C(C)(C)CCC5(C)C. The maximum atomic E-state index is 2.75. The van der Waals surface area contributed by atoms with E-state index >= 15 is 0 Å². The lowest BCUT2D eigenvalue weighted by Crippen LogP contribution is -2.61. The van der Waals surface area contributed by atoms with Gasteiger partial charge in [0.05, 0.1) is 0 Å². The Bertz CT molecular complexity index is 3620. The maximum Gasteiger partial charge on any atom is 0.252 e. The minimum absolute atomic E-state index is 0.0109. The standard InChI is InChI=1S/C67H71BN2S/c1-39-20-18-19-23-53(39)69-56-37-60-44(43-31-46-50(36-59(43)71-60)65(9,10)27-25-63(46,5)6)32-51(56)68-52-33-47-49(67(13,14)38-66(47,11)12)35-55(52)70(58-30-42(29-57(69)61(58)68)41-21-16-15-17-22-41)54-34-48-45(28-40(54)2)62(3,4)24-26-64(48,7)8/h15-23,28-37H,24-27,38H2,1-14H3. The molecule has 4 heteroatoms. The highest BCUT2D eigenvalue weighted by Crippen LogP contribution is 2.56. The van der Waals surface area contributed by atoms with Gasteiger partial charge in [-0.15, -0.1) is 11.3 Å². The molecule has 8 aromatic rings. The average Bonchev–Trinajstić information content (AvgIpc) is 3.76. The number of aryl methyl sites for hydroxylation is 2. The van der Waals surface area contributed by atoms with Crippen LogP contribution in [0.25, 0.3) is 31.3 Å². The van der Waals surface area contributed by atoms with Crippen molar-refractivity contribution in [1.29, 1.82) is 0 Å². The van der Waals surface area contributed by atoms with Crippen LogP contribution in [-0.2, 0) is 32.5 Å². The molecule has 0 bridgehead atoms. The molecule has 0 radical (unpaired) electrons. The summed E-state index contributed by atoms with van der Waals surface area (Å²) in [5, 5.41) is 2.80. The van der Waals surface area contributed by atoms with Gasteiger partial charge in [-0.2, -0.15) is 0 Å². The van der Waals surface area contributed by atoms with Crippen molar-refractivity contribution in [2.45, 2.75) is 162 Å². The summed E-state index contributed by atoms with van der Waals surface area (Å²) >= 11 is 1.99. The second kappa shape index (κ2) is 14.6. The second-order valence-electron chi connectivity index (χ2n) is 26.7. The second-order valence-corrected chi connectivity index (χ2v) is 27.8. The number of nitrogens with zero attached hydrogens (tertiary/aromatic N) is 2. The number of fused-ring (bicyclic) bond motifs is 10. The summed E-state index contributed by atoms with van der Waals surface area (Å²) in [6.07, 6.45) is 5.92. The van der Waals surface area contributed by atoms with Gasteiger partial charge in [-0.3, -0.25) is 0 Å². The summed E-state index contributed by atoms with van der Waals surface area (Å²) in [5.41, 5.74) is 26.7. The van der Waals surface area contributed by atoms with Crippen LogP contribution in [0, 0.1) is 13.8 Å². The lowest BCUT2D eigenvalue weighted by molar-refractivity contribution is 0.332. The van der Waals surface area contributed by atoms with Gasteiger partial charge in [0.25, 0.3) is 6.71 Å². The van der Waals surface area contributed by atoms with E-state index in [2.05, 4.69) is 222 Å². The Morgan fingerprint density at radius 3 is 1.48 bits per heavy atom. The highest BCUT2D eigenvalue weighted by Gasteiger charge is 2.49. The van der Waals surface area contributed by atoms with Gasteiger partial charge in [0.2, 0.25) is 0 Å². The van der Waals surface area contributed by atoms with Crippen molar-refractivity contribution in [1.82, 2.24) is 0 Å². The fourth-order valence-electron chi connectivity index (χ4n) is 14.9. The number of para-hydroxylation sites is 1. The maximum absolute atomic E-state index is 2.75. The van der Waals surface area contributed by atoms with E-state index in [4.69, 9.17) is 0 Å². The fourth-order valence-corrected chi connectivity index (χ4v) is 16.0. The highest BCUT2D eigenvalue weighted by molar-refractivity contribution is 7.26. The molecule has 71 heavy (non-hydrogen) atoms. The number of benzene rings is 7. The Hall–Kier alpha value is -5.58. The van der Waals surface area contributed by atoms with Crippen LogP contribution >= 0.6 is 11.3 Å². The Kier molecular flexibility index (Phi) is 9.29. The van der Waals surface area contributed by atoms with Crippen molar-refractivity contribution in [2.75, 3.05) is 9.80 Å². The minimum atomic E-state index is 0.0109. The smallest absolute Gasteiger partial charge is 0.252 e. The van der Waals surface area contributed by atoms with E-state index in [1.54, 1.807) is 0 Å². The monoisotopic (exact) mass is 947 g/mol. The third-order valence-corrected chi connectivity index (χ3v) is 20.1. The van der Waals surface area contributed by atoms with Crippen LogP contribution in [0.1, 0.15) is 160 Å². The van der Waals surface area contributed by atoms with Gasteiger partial charge in [0.15, 0.2) is 0 Å². The normalized spacial score (nSPS) is 20.0. The summed E-state index contributed by atoms with van der Waals surface area (Å²) in [4.78, 5) is 5.42. The van der Waals surface area contributed by atoms with Gasteiger partial charge < -0.3 is 9.80 Å². The van der Waals surface area contributed by atoms with E-state index in [0.29, 0.717) is 0 Å². The van der Waals surface area contributed by atoms with Crippen molar-refractivity contribution in [2.24, 2.45) is 0 Å². The van der Waals surface area contributed by atoms with E-state index < -0.39 is 0 Å². The van der Waals surface area contributed by atoms with Crippen LogP contribution in [0.5, 0.6) is 0 Å². The van der Waals surface area contributed by atoms with Gasteiger partial charge in [-0.25, -0.2) is 0 Å². The van der Waals surface area contributed by atoms with Crippen molar-refractivity contribution < 1.29 is 0 Å². The Morgan fingerprint density at radius 1 is 0.380 bits per heavy atom. The molecule has 2 nitrogen and oxygen atoms in total. The molecule has 3 aliphatic carbocycles. The molecule has 0 saturated carbocycles.